The number of rotatable bonds is 2. The van der Waals surface area contributed by atoms with Gasteiger partial charge in [-0.25, -0.2) is 0 Å². The molecule has 2 unspecified atom stereocenters. The Morgan fingerprint density at radius 1 is 1.85 bits per heavy atom. The quantitative estimate of drug-likeness (QED) is 0.696. The van der Waals surface area contributed by atoms with E-state index in [0.717, 1.165) is 11.5 Å². The van der Waals surface area contributed by atoms with Crippen LogP contribution in [0.2, 0.25) is 0 Å². The smallest absolute Gasteiger partial charge is 0.240 e. The Hall–Kier alpha value is 0.0700. The summed E-state index contributed by atoms with van der Waals surface area (Å²) in [7, 11) is 0. The van der Waals surface area contributed by atoms with Crippen molar-refractivity contribution in [1.29, 1.82) is 0 Å². The minimum absolute atomic E-state index is 0.0301. The molecule has 13 heavy (non-hydrogen) atoms. The number of carbonyl (C=O) groups is 1. The van der Waals surface area contributed by atoms with Crippen molar-refractivity contribution in [2.75, 3.05) is 24.7 Å². The fraction of sp³-hybridized carbons (Fsp3) is 0.875. The van der Waals surface area contributed by atoms with E-state index < -0.39 is 5.38 Å². The molecule has 1 heterocycles. The summed E-state index contributed by atoms with van der Waals surface area (Å²) >= 11 is 7.47. The maximum Gasteiger partial charge on any atom is 0.240 e. The molecule has 0 aromatic heterocycles. The number of hydrogen-bond acceptors (Lipinski definition) is 3. The number of nitrogens with zero attached hydrogens (tertiary/aromatic N) is 1. The lowest BCUT2D eigenvalue weighted by atomic mass is 10.2. The summed E-state index contributed by atoms with van der Waals surface area (Å²) in [6.45, 7) is 2.40. The number of halogens is 1. The van der Waals surface area contributed by atoms with E-state index in [4.69, 9.17) is 16.7 Å². The van der Waals surface area contributed by atoms with Gasteiger partial charge < -0.3 is 10.0 Å². The van der Waals surface area contributed by atoms with E-state index in [0.29, 0.717) is 6.54 Å². The van der Waals surface area contributed by atoms with Crippen molar-refractivity contribution in [2.45, 2.75) is 18.3 Å². The van der Waals surface area contributed by atoms with Crippen molar-refractivity contribution in [1.82, 2.24) is 4.90 Å². The highest BCUT2D eigenvalue weighted by molar-refractivity contribution is 7.99. The van der Waals surface area contributed by atoms with Crippen LogP contribution in [0.3, 0.4) is 0 Å². The first-order valence-electron chi connectivity index (χ1n) is 4.30. The zero-order chi connectivity index (χ0) is 9.84. The Morgan fingerprint density at radius 2 is 2.54 bits per heavy atom. The third kappa shape index (κ3) is 2.76. The van der Waals surface area contributed by atoms with Gasteiger partial charge >= 0.3 is 0 Å². The predicted molar refractivity (Wildman–Crippen MR) is 55.2 cm³/mol. The topological polar surface area (TPSA) is 40.5 Å². The SMILES string of the molecule is CC(Cl)C(=O)N1CCSCC1CO. The average molecular weight is 224 g/mol. The van der Waals surface area contributed by atoms with Gasteiger partial charge in [0, 0.05) is 18.1 Å². The van der Waals surface area contributed by atoms with Crippen molar-refractivity contribution in [3.8, 4) is 0 Å². The Balaban J connectivity index is 2.58. The predicted octanol–water partition coefficient (Wildman–Crippen LogP) is 0.550. The number of carbonyl (C=O) groups excluding carboxylic acids is 1. The second-order valence-corrected chi connectivity index (χ2v) is 4.86. The zero-order valence-electron chi connectivity index (χ0n) is 7.57. The van der Waals surface area contributed by atoms with Crippen LogP contribution in [0.5, 0.6) is 0 Å². The largest absolute Gasteiger partial charge is 0.394 e. The molecule has 0 bridgehead atoms. The van der Waals surface area contributed by atoms with Crippen molar-refractivity contribution < 1.29 is 9.90 Å². The second kappa shape index (κ2) is 5.08. The number of amides is 1. The van der Waals surface area contributed by atoms with Gasteiger partial charge in [-0.3, -0.25) is 4.79 Å². The van der Waals surface area contributed by atoms with Crippen LogP contribution in [0.25, 0.3) is 0 Å². The highest BCUT2D eigenvalue weighted by atomic mass is 35.5. The fourth-order valence-corrected chi connectivity index (χ4v) is 2.50. The van der Waals surface area contributed by atoms with E-state index in [1.807, 2.05) is 0 Å². The summed E-state index contributed by atoms with van der Waals surface area (Å²) in [5.74, 6) is 1.68. The van der Waals surface area contributed by atoms with Gasteiger partial charge in [-0.1, -0.05) is 0 Å². The molecule has 1 saturated heterocycles. The minimum Gasteiger partial charge on any atom is -0.394 e. The fourth-order valence-electron chi connectivity index (χ4n) is 1.32. The standard InChI is InChI=1S/C8H14ClNO2S/c1-6(9)8(12)10-2-3-13-5-7(10)4-11/h6-7,11H,2-5H2,1H3. The maximum absolute atomic E-state index is 11.5. The van der Waals surface area contributed by atoms with E-state index in [-0.39, 0.29) is 18.6 Å². The van der Waals surface area contributed by atoms with Crippen molar-refractivity contribution in [3.63, 3.8) is 0 Å². The van der Waals surface area contributed by atoms with Crippen LogP contribution in [-0.2, 0) is 4.79 Å². The van der Waals surface area contributed by atoms with Crippen molar-refractivity contribution in [2.24, 2.45) is 0 Å². The van der Waals surface area contributed by atoms with Crippen LogP contribution >= 0.6 is 23.4 Å². The van der Waals surface area contributed by atoms with Crippen molar-refractivity contribution in [3.05, 3.63) is 0 Å². The molecule has 0 radical (unpaired) electrons. The monoisotopic (exact) mass is 223 g/mol. The summed E-state index contributed by atoms with van der Waals surface area (Å²) in [4.78, 5) is 13.2. The number of thioether (sulfide) groups is 1. The molecule has 76 valence electrons. The molecule has 1 fully saturated rings. The molecular formula is C8H14ClNO2S. The Kier molecular flexibility index (Phi) is 4.35. The Labute approximate surface area is 87.4 Å². The molecule has 3 nitrogen and oxygen atoms in total. The number of hydrogen-bond donors (Lipinski definition) is 1. The molecule has 0 aliphatic carbocycles. The molecule has 0 saturated carbocycles. The van der Waals surface area contributed by atoms with Crippen molar-refractivity contribution >= 4 is 29.3 Å². The average Bonchev–Trinajstić information content (AvgIpc) is 2.16. The molecule has 1 N–H and O–H groups in total. The molecule has 5 heteroatoms. The van der Waals surface area contributed by atoms with E-state index in [9.17, 15) is 4.79 Å². The van der Waals surface area contributed by atoms with Crippen LogP contribution in [0.4, 0.5) is 0 Å². The van der Waals surface area contributed by atoms with E-state index >= 15 is 0 Å². The van der Waals surface area contributed by atoms with E-state index in [1.54, 1.807) is 23.6 Å². The van der Waals surface area contributed by atoms with Crippen LogP contribution in [0.1, 0.15) is 6.92 Å². The first-order chi connectivity index (χ1) is 6.16. The molecule has 2 atom stereocenters. The van der Waals surface area contributed by atoms with Gasteiger partial charge in [0.2, 0.25) is 5.91 Å². The summed E-state index contributed by atoms with van der Waals surface area (Å²) in [6, 6.07) is -0.0487. The van der Waals surface area contributed by atoms with Gasteiger partial charge in [0.25, 0.3) is 0 Å². The van der Waals surface area contributed by atoms with Crippen LogP contribution < -0.4 is 0 Å². The number of alkyl halides is 1. The molecule has 0 aromatic rings. The first kappa shape index (κ1) is 11.1. The van der Waals surface area contributed by atoms with Gasteiger partial charge in [-0.2, -0.15) is 11.8 Å². The molecule has 1 rings (SSSR count). The highest BCUT2D eigenvalue weighted by Gasteiger charge is 2.28. The maximum atomic E-state index is 11.5. The van der Waals surface area contributed by atoms with E-state index in [1.165, 1.54) is 0 Å². The van der Waals surface area contributed by atoms with Crippen LogP contribution in [0.15, 0.2) is 0 Å². The minimum atomic E-state index is -0.489. The molecule has 1 aliphatic heterocycles. The molecule has 1 amide bonds. The van der Waals surface area contributed by atoms with Crippen LogP contribution in [-0.4, -0.2) is 52.0 Å². The number of aliphatic hydroxyl groups is 1. The first-order valence-corrected chi connectivity index (χ1v) is 5.89. The van der Waals surface area contributed by atoms with Crippen LogP contribution in [0, 0.1) is 0 Å². The summed E-state index contributed by atoms with van der Waals surface area (Å²) in [5, 5.41) is 8.55. The van der Waals surface area contributed by atoms with Gasteiger partial charge in [0.1, 0.15) is 5.38 Å². The van der Waals surface area contributed by atoms with Gasteiger partial charge in [0.05, 0.1) is 12.6 Å². The van der Waals surface area contributed by atoms with Gasteiger partial charge in [-0.05, 0) is 6.92 Å². The van der Waals surface area contributed by atoms with Gasteiger partial charge in [0.15, 0.2) is 0 Å². The van der Waals surface area contributed by atoms with E-state index in [2.05, 4.69) is 0 Å². The Bertz CT molecular complexity index is 189. The number of aliphatic hydroxyl groups excluding tert-OH is 1. The zero-order valence-corrected chi connectivity index (χ0v) is 9.14. The second-order valence-electron chi connectivity index (χ2n) is 3.06. The lowest BCUT2D eigenvalue weighted by Crippen LogP contribution is -2.50. The molecule has 0 spiro atoms. The highest BCUT2D eigenvalue weighted by Crippen LogP contribution is 2.17. The third-order valence-electron chi connectivity index (χ3n) is 2.06. The Morgan fingerprint density at radius 3 is 3.08 bits per heavy atom. The molecule has 1 aliphatic rings. The molecular weight excluding hydrogens is 210 g/mol. The summed E-state index contributed by atoms with van der Waals surface area (Å²) < 4.78 is 0. The van der Waals surface area contributed by atoms with Gasteiger partial charge in [-0.15, -0.1) is 11.6 Å². The summed E-state index contributed by atoms with van der Waals surface area (Å²) in [6.07, 6.45) is 0. The normalized spacial score (nSPS) is 25.8. The lowest BCUT2D eigenvalue weighted by molar-refractivity contribution is -0.133. The third-order valence-corrected chi connectivity index (χ3v) is 3.34. The molecule has 0 aromatic carbocycles. The summed E-state index contributed by atoms with van der Waals surface area (Å²) in [5.41, 5.74) is 0. The lowest BCUT2D eigenvalue weighted by Gasteiger charge is -2.34.